The predicted octanol–water partition coefficient (Wildman–Crippen LogP) is 6.00. The van der Waals surface area contributed by atoms with Crippen LogP contribution >= 0.6 is 11.3 Å². The third-order valence-electron chi connectivity index (χ3n) is 6.47. The third kappa shape index (κ3) is 4.94. The fourth-order valence-corrected chi connectivity index (χ4v) is 5.71. The third-order valence-corrected chi connectivity index (χ3v) is 7.53. The van der Waals surface area contributed by atoms with Crippen molar-refractivity contribution in [3.8, 4) is 11.1 Å². The average Bonchev–Trinajstić information content (AvgIpc) is 3.08. The van der Waals surface area contributed by atoms with Gasteiger partial charge in [0, 0.05) is 15.8 Å². The van der Waals surface area contributed by atoms with E-state index in [4.69, 9.17) is 0 Å². The molecule has 2 N–H and O–H groups in total. The van der Waals surface area contributed by atoms with Gasteiger partial charge in [0.2, 0.25) is 0 Å². The van der Waals surface area contributed by atoms with E-state index >= 15 is 0 Å². The van der Waals surface area contributed by atoms with Crippen LogP contribution in [0.1, 0.15) is 56.9 Å². The second-order valence-corrected chi connectivity index (χ2v) is 10.1. The minimum Gasteiger partial charge on any atom is -0.481 e. The number of aryl methyl sites for hydroxylation is 2. The van der Waals surface area contributed by atoms with E-state index < -0.39 is 5.97 Å². The van der Waals surface area contributed by atoms with Crippen LogP contribution < -0.4 is 5.32 Å². The molecular formula is C27H29NO3S. The molecule has 1 amide bonds. The van der Waals surface area contributed by atoms with Crippen LogP contribution in [0.4, 0.5) is 0 Å². The Bertz CT molecular complexity index is 1090. The Balaban J connectivity index is 1.47. The molecule has 1 saturated carbocycles. The van der Waals surface area contributed by atoms with Gasteiger partial charge in [-0.2, -0.15) is 0 Å². The van der Waals surface area contributed by atoms with Gasteiger partial charge in [0.1, 0.15) is 0 Å². The first kappa shape index (κ1) is 22.3. The molecule has 0 bridgehead atoms. The van der Waals surface area contributed by atoms with Gasteiger partial charge in [-0.25, -0.2) is 0 Å². The van der Waals surface area contributed by atoms with E-state index in [1.807, 2.05) is 25.1 Å². The van der Waals surface area contributed by atoms with E-state index in [1.54, 1.807) is 11.3 Å². The lowest BCUT2D eigenvalue weighted by atomic mass is 9.86. The molecule has 1 aliphatic carbocycles. The zero-order valence-corrected chi connectivity index (χ0v) is 19.4. The van der Waals surface area contributed by atoms with Gasteiger partial charge in [-0.3, -0.25) is 9.59 Å². The molecule has 5 heteroatoms. The molecule has 0 saturated heterocycles. The predicted molar refractivity (Wildman–Crippen MR) is 129 cm³/mol. The summed E-state index contributed by atoms with van der Waals surface area (Å²) in [7, 11) is 0. The number of thiophene rings is 1. The van der Waals surface area contributed by atoms with E-state index in [0.29, 0.717) is 12.8 Å². The van der Waals surface area contributed by atoms with Crippen LogP contribution in [0.3, 0.4) is 0 Å². The summed E-state index contributed by atoms with van der Waals surface area (Å²) < 4.78 is 0. The van der Waals surface area contributed by atoms with E-state index in [-0.39, 0.29) is 17.9 Å². The number of nitrogens with one attached hydrogen (secondary N) is 1. The standard InChI is InChI=1S/C27H29NO3S/c1-17-24(16-19-8-10-21(11-9-19)20-6-4-3-5-7-20)25(18(2)32-17)26(29)28-23-14-12-22(13-15-23)27(30)31/h3-11,22-23H,12-16H2,1-2H3,(H,28,29)(H,30,31). The van der Waals surface area contributed by atoms with E-state index in [0.717, 1.165) is 35.3 Å². The van der Waals surface area contributed by atoms with Crippen LogP contribution in [-0.4, -0.2) is 23.0 Å². The molecule has 166 valence electrons. The quantitative estimate of drug-likeness (QED) is 0.487. The van der Waals surface area contributed by atoms with Gasteiger partial charge in [0.05, 0.1) is 11.5 Å². The molecule has 1 fully saturated rings. The molecule has 3 aromatic rings. The monoisotopic (exact) mass is 447 g/mol. The SMILES string of the molecule is Cc1sc(C)c(C(=O)NC2CCC(C(=O)O)CC2)c1Cc1ccc(-c2ccccc2)cc1. The van der Waals surface area contributed by atoms with Crippen LogP contribution in [0.25, 0.3) is 11.1 Å². The van der Waals surface area contributed by atoms with E-state index in [1.165, 1.54) is 21.6 Å². The minimum absolute atomic E-state index is 0.0264. The van der Waals surface area contributed by atoms with Crippen LogP contribution in [0, 0.1) is 19.8 Å². The Kier molecular flexibility index (Phi) is 6.75. The summed E-state index contributed by atoms with van der Waals surface area (Å²) in [4.78, 5) is 26.6. The number of hydrogen-bond acceptors (Lipinski definition) is 3. The second kappa shape index (κ2) is 9.70. The molecular weight excluding hydrogens is 418 g/mol. The van der Waals surface area contributed by atoms with Gasteiger partial charge < -0.3 is 10.4 Å². The van der Waals surface area contributed by atoms with E-state index in [2.05, 4.69) is 48.6 Å². The van der Waals surface area contributed by atoms with Crippen molar-refractivity contribution in [3.63, 3.8) is 0 Å². The first-order valence-corrected chi connectivity index (χ1v) is 12.0. The van der Waals surface area contributed by atoms with Gasteiger partial charge >= 0.3 is 5.97 Å². The van der Waals surface area contributed by atoms with Crippen LogP contribution in [0.15, 0.2) is 54.6 Å². The molecule has 2 aromatic carbocycles. The fraction of sp³-hybridized carbons (Fsp3) is 0.333. The van der Waals surface area contributed by atoms with Gasteiger partial charge in [0.25, 0.3) is 5.91 Å². The van der Waals surface area contributed by atoms with Crippen molar-refractivity contribution in [3.05, 3.63) is 81.0 Å². The zero-order valence-electron chi connectivity index (χ0n) is 18.6. The van der Waals surface area contributed by atoms with Crippen LogP contribution in [0.2, 0.25) is 0 Å². The molecule has 0 radical (unpaired) electrons. The Labute approximate surface area is 193 Å². The molecule has 0 spiro atoms. The van der Waals surface area contributed by atoms with Gasteiger partial charge in [-0.05, 0) is 68.2 Å². The maximum atomic E-state index is 13.2. The summed E-state index contributed by atoms with van der Waals surface area (Å²) in [5, 5.41) is 12.4. The molecule has 1 aromatic heterocycles. The van der Waals surface area contributed by atoms with Gasteiger partial charge in [0.15, 0.2) is 0 Å². The Morgan fingerprint density at radius 2 is 1.53 bits per heavy atom. The Morgan fingerprint density at radius 1 is 0.906 bits per heavy atom. The molecule has 1 heterocycles. The molecule has 0 atom stereocenters. The van der Waals surface area contributed by atoms with Crippen LogP contribution in [0.5, 0.6) is 0 Å². The summed E-state index contributed by atoms with van der Waals surface area (Å²) >= 11 is 1.67. The number of carbonyl (C=O) groups is 2. The summed E-state index contributed by atoms with van der Waals surface area (Å²) in [6.45, 7) is 4.09. The van der Waals surface area contributed by atoms with Crippen molar-refractivity contribution >= 4 is 23.2 Å². The highest BCUT2D eigenvalue weighted by Gasteiger charge is 2.28. The van der Waals surface area contributed by atoms with Crippen molar-refractivity contribution in [2.75, 3.05) is 0 Å². The smallest absolute Gasteiger partial charge is 0.306 e. The van der Waals surface area contributed by atoms with Crippen molar-refractivity contribution < 1.29 is 14.7 Å². The molecule has 0 unspecified atom stereocenters. The van der Waals surface area contributed by atoms with Gasteiger partial charge in [-0.1, -0.05) is 54.6 Å². The lowest BCUT2D eigenvalue weighted by Crippen LogP contribution is -2.39. The zero-order chi connectivity index (χ0) is 22.7. The topological polar surface area (TPSA) is 66.4 Å². The van der Waals surface area contributed by atoms with Crippen LogP contribution in [-0.2, 0) is 11.2 Å². The first-order chi connectivity index (χ1) is 15.4. The molecule has 4 nitrogen and oxygen atoms in total. The number of hydrogen-bond donors (Lipinski definition) is 2. The highest BCUT2D eigenvalue weighted by Crippen LogP contribution is 2.31. The van der Waals surface area contributed by atoms with Crippen molar-refractivity contribution in [2.45, 2.75) is 52.0 Å². The largest absolute Gasteiger partial charge is 0.481 e. The Hall–Kier alpha value is -2.92. The lowest BCUT2D eigenvalue weighted by molar-refractivity contribution is -0.142. The summed E-state index contributed by atoms with van der Waals surface area (Å²) in [6.07, 6.45) is 3.42. The number of carbonyl (C=O) groups excluding carboxylic acids is 1. The summed E-state index contributed by atoms with van der Waals surface area (Å²) in [6, 6.07) is 18.9. The van der Waals surface area contributed by atoms with Crippen molar-refractivity contribution in [1.29, 1.82) is 0 Å². The number of benzene rings is 2. The number of carboxylic acids is 1. The minimum atomic E-state index is -0.723. The lowest BCUT2D eigenvalue weighted by Gasteiger charge is -2.27. The number of rotatable bonds is 6. The molecule has 32 heavy (non-hydrogen) atoms. The fourth-order valence-electron chi connectivity index (χ4n) is 4.63. The molecule has 4 rings (SSSR count). The summed E-state index contributed by atoms with van der Waals surface area (Å²) in [5.41, 5.74) is 5.44. The first-order valence-electron chi connectivity index (χ1n) is 11.2. The Morgan fingerprint density at radius 3 is 2.16 bits per heavy atom. The second-order valence-electron chi connectivity index (χ2n) is 8.67. The van der Waals surface area contributed by atoms with E-state index in [9.17, 15) is 14.7 Å². The normalized spacial score (nSPS) is 18.3. The number of aliphatic carboxylic acids is 1. The maximum Gasteiger partial charge on any atom is 0.306 e. The average molecular weight is 448 g/mol. The highest BCUT2D eigenvalue weighted by atomic mass is 32.1. The van der Waals surface area contributed by atoms with Gasteiger partial charge in [-0.15, -0.1) is 11.3 Å². The molecule has 0 aliphatic heterocycles. The number of amides is 1. The highest BCUT2D eigenvalue weighted by molar-refractivity contribution is 7.12. The number of carboxylic acid groups (broad SMARTS) is 1. The maximum absolute atomic E-state index is 13.2. The molecule has 1 aliphatic rings. The van der Waals surface area contributed by atoms with Crippen molar-refractivity contribution in [1.82, 2.24) is 5.32 Å². The summed E-state index contributed by atoms with van der Waals surface area (Å²) in [5.74, 6) is -1.02. The van der Waals surface area contributed by atoms with Crippen molar-refractivity contribution in [2.24, 2.45) is 5.92 Å².